The number of halogens is 1. The highest BCUT2D eigenvalue weighted by Crippen LogP contribution is 2.31. The fraction of sp³-hybridized carbons (Fsp3) is 0.139. The molecule has 0 spiro atoms. The van der Waals surface area contributed by atoms with Crippen LogP contribution in [0.5, 0.6) is 0 Å². The summed E-state index contributed by atoms with van der Waals surface area (Å²) >= 11 is 4.29. The molecule has 5 aromatic carbocycles. The summed E-state index contributed by atoms with van der Waals surface area (Å²) in [6, 6.07) is 33.9. The van der Waals surface area contributed by atoms with Crippen molar-refractivity contribution in [1.82, 2.24) is 9.62 Å². The fourth-order valence-electron chi connectivity index (χ4n) is 5.69. The van der Waals surface area contributed by atoms with E-state index >= 15 is 0 Å². The van der Waals surface area contributed by atoms with E-state index < -0.39 is 42.6 Å². The molecule has 10 nitrogen and oxygen atoms in total. The zero-order valence-electron chi connectivity index (χ0n) is 26.1. The van der Waals surface area contributed by atoms with Gasteiger partial charge in [0.1, 0.15) is 0 Å². The molecule has 1 atom stereocenters. The Hall–Kier alpha value is -4.72. The van der Waals surface area contributed by atoms with Crippen molar-refractivity contribution in [3.05, 3.63) is 148 Å². The number of sulfonamides is 1. The number of benzene rings is 5. The van der Waals surface area contributed by atoms with Crippen LogP contribution >= 0.6 is 11.6 Å². The SMILES string of the molecule is O=C(NS(=O)(=O)c1cccc([N+](=O)[O-])c1)c1ccc(N2CCN(Cc3ccccc3-c3ccc(Cl)cc3)CC2)cc1[S+]([O-])c1ccccc1. The number of non-ortho nitro benzene ring substituents is 1. The van der Waals surface area contributed by atoms with E-state index in [4.69, 9.17) is 11.6 Å². The molecule has 250 valence electrons. The first-order valence-corrected chi connectivity index (χ1v) is 18.3. The van der Waals surface area contributed by atoms with Gasteiger partial charge in [-0.3, -0.25) is 19.8 Å². The predicted molar refractivity (Wildman–Crippen MR) is 190 cm³/mol. The van der Waals surface area contributed by atoms with E-state index in [2.05, 4.69) is 21.9 Å². The second-order valence-electron chi connectivity index (χ2n) is 11.4. The van der Waals surface area contributed by atoms with Crippen LogP contribution in [0.4, 0.5) is 11.4 Å². The molecule has 13 heteroatoms. The predicted octanol–water partition coefficient (Wildman–Crippen LogP) is 6.52. The number of nitro groups is 1. The summed E-state index contributed by atoms with van der Waals surface area (Å²) in [5, 5.41) is 11.9. The molecular weight excluding hydrogens is 684 g/mol. The van der Waals surface area contributed by atoms with Crippen LogP contribution in [-0.2, 0) is 27.7 Å². The van der Waals surface area contributed by atoms with Gasteiger partial charge in [-0.05, 0) is 59.2 Å². The number of amides is 1. The Morgan fingerprint density at radius 2 is 1.53 bits per heavy atom. The summed E-state index contributed by atoms with van der Waals surface area (Å²) in [6.07, 6.45) is 0. The number of nitrogens with one attached hydrogen (secondary N) is 1. The first kappa shape index (κ1) is 34.2. The highest BCUT2D eigenvalue weighted by Gasteiger charge is 2.29. The van der Waals surface area contributed by atoms with Crippen molar-refractivity contribution in [2.75, 3.05) is 31.1 Å². The zero-order chi connectivity index (χ0) is 34.5. The average molecular weight is 715 g/mol. The quantitative estimate of drug-likeness (QED) is 0.0981. The Balaban J connectivity index is 1.22. The molecule has 1 N–H and O–H groups in total. The van der Waals surface area contributed by atoms with E-state index in [9.17, 15) is 27.9 Å². The Kier molecular flexibility index (Phi) is 10.3. The highest BCUT2D eigenvalue weighted by molar-refractivity contribution is 7.91. The van der Waals surface area contributed by atoms with Gasteiger partial charge in [-0.25, -0.2) is 13.1 Å². The van der Waals surface area contributed by atoms with Crippen molar-refractivity contribution < 1.29 is 22.7 Å². The summed E-state index contributed by atoms with van der Waals surface area (Å²) in [6.45, 7) is 3.63. The molecule has 0 aromatic heterocycles. The lowest BCUT2D eigenvalue weighted by Crippen LogP contribution is -2.46. The van der Waals surface area contributed by atoms with Crippen LogP contribution in [0.3, 0.4) is 0 Å². The normalized spacial score (nSPS) is 14.3. The number of carbonyl (C=O) groups excluding carboxylic acids is 1. The van der Waals surface area contributed by atoms with Crippen LogP contribution in [0.15, 0.2) is 136 Å². The van der Waals surface area contributed by atoms with E-state index in [0.29, 0.717) is 23.0 Å². The van der Waals surface area contributed by atoms with E-state index in [1.165, 1.54) is 17.7 Å². The summed E-state index contributed by atoms with van der Waals surface area (Å²) in [4.78, 5) is 28.6. The minimum absolute atomic E-state index is 0.0858. The zero-order valence-corrected chi connectivity index (χ0v) is 28.5. The number of carbonyl (C=O) groups is 1. The summed E-state index contributed by atoms with van der Waals surface area (Å²) < 4.78 is 42.0. The standard InChI is InChI=1S/C36H31ClN4O6S2/c37-28-15-13-26(14-16-28)33-12-5-4-7-27(33)25-39-19-21-40(22-20-39)29-17-18-34(35(24-29)48(45)31-9-2-1-3-10-31)36(42)38-49(46,47)32-11-6-8-30(23-32)41(43)44/h1-18,23-24H,19-22,25H2,(H,38,42). The van der Waals surface area contributed by atoms with Crippen molar-refractivity contribution in [3.63, 3.8) is 0 Å². The molecule has 0 aliphatic carbocycles. The molecule has 1 unspecified atom stereocenters. The molecule has 49 heavy (non-hydrogen) atoms. The molecule has 0 radical (unpaired) electrons. The lowest BCUT2D eigenvalue weighted by atomic mass is 9.99. The lowest BCUT2D eigenvalue weighted by Gasteiger charge is -2.36. The maximum absolute atomic E-state index is 13.9. The fourth-order valence-corrected chi connectivity index (χ4v) is 8.07. The van der Waals surface area contributed by atoms with Gasteiger partial charge < -0.3 is 9.45 Å². The third kappa shape index (κ3) is 7.96. The van der Waals surface area contributed by atoms with Crippen molar-refractivity contribution in [3.8, 4) is 11.1 Å². The number of hydrogen-bond donors (Lipinski definition) is 1. The maximum Gasteiger partial charge on any atom is 0.270 e. The Labute approximate surface area is 292 Å². The smallest absolute Gasteiger partial charge is 0.270 e. The Morgan fingerprint density at radius 1 is 0.837 bits per heavy atom. The molecule has 1 aliphatic heterocycles. The van der Waals surface area contributed by atoms with Crippen LogP contribution in [0.1, 0.15) is 15.9 Å². The van der Waals surface area contributed by atoms with E-state index in [1.807, 2.05) is 41.1 Å². The number of nitrogens with zero attached hydrogens (tertiary/aromatic N) is 3. The van der Waals surface area contributed by atoms with E-state index in [-0.39, 0.29) is 10.5 Å². The number of hydrogen-bond acceptors (Lipinski definition) is 8. The van der Waals surface area contributed by atoms with E-state index in [0.717, 1.165) is 54.6 Å². The molecular formula is C36H31ClN4O6S2. The lowest BCUT2D eigenvalue weighted by molar-refractivity contribution is -0.385. The number of nitro benzene ring substituents is 1. The van der Waals surface area contributed by atoms with Crippen LogP contribution < -0.4 is 9.62 Å². The van der Waals surface area contributed by atoms with Crippen LogP contribution in [0.25, 0.3) is 11.1 Å². The van der Waals surface area contributed by atoms with Gasteiger partial charge in [-0.15, -0.1) is 0 Å². The van der Waals surface area contributed by atoms with Crippen LogP contribution in [-0.4, -0.2) is 54.9 Å². The van der Waals surface area contributed by atoms with Gasteiger partial charge in [-0.1, -0.05) is 72.3 Å². The summed E-state index contributed by atoms with van der Waals surface area (Å²) in [5.74, 6) is -0.999. The Bertz CT molecular complexity index is 2090. The van der Waals surface area contributed by atoms with Crippen LogP contribution in [0.2, 0.25) is 5.02 Å². The minimum Gasteiger partial charge on any atom is -0.606 e. The second kappa shape index (κ2) is 14.8. The first-order chi connectivity index (χ1) is 23.6. The monoisotopic (exact) mass is 714 g/mol. The second-order valence-corrected chi connectivity index (χ2v) is 14.9. The molecule has 5 aromatic rings. The summed E-state index contributed by atoms with van der Waals surface area (Å²) in [5.41, 5.74) is 3.68. The van der Waals surface area contributed by atoms with Gasteiger partial charge in [0.2, 0.25) is 0 Å². The van der Waals surface area contributed by atoms with Gasteiger partial charge in [-0.2, -0.15) is 0 Å². The molecule has 6 rings (SSSR count). The third-order valence-corrected chi connectivity index (χ3v) is 11.3. The Morgan fingerprint density at radius 3 is 2.24 bits per heavy atom. The van der Waals surface area contributed by atoms with Gasteiger partial charge in [0, 0.05) is 72.8 Å². The minimum atomic E-state index is -4.48. The maximum atomic E-state index is 13.9. The van der Waals surface area contributed by atoms with Crippen molar-refractivity contribution in [1.29, 1.82) is 0 Å². The average Bonchev–Trinajstić information content (AvgIpc) is 3.12. The molecule has 1 saturated heterocycles. The van der Waals surface area contributed by atoms with Crippen molar-refractivity contribution in [2.45, 2.75) is 21.2 Å². The summed E-state index contributed by atoms with van der Waals surface area (Å²) in [7, 11) is -4.48. The number of rotatable bonds is 10. The molecule has 1 heterocycles. The molecule has 1 fully saturated rings. The van der Waals surface area contributed by atoms with Gasteiger partial charge >= 0.3 is 0 Å². The van der Waals surface area contributed by atoms with Crippen molar-refractivity contribution in [2.24, 2.45) is 0 Å². The molecule has 1 amide bonds. The van der Waals surface area contributed by atoms with Crippen LogP contribution in [0, 0.1) is 10.1 Å². The van der Waals surface area contributed by atoms with Gasteiger partial charge in [0.15, 0.2) is 9.79 Å². The number of anilines is 1. The number of piperazine rings is 1. The largest absolute Gasteiger partial charge is 0.606 e. The third-order valence-electron chi connectivity index (χ3n) is 8.24. The molecule has 1 aliphatic rings. The van der Waals surface area contributed by atoms with Crippen molar-refractivity contribution >= 4 is 50.1 Å². The topological polar surface area (TPSA) is 136 Å². The molecule has 0 bridgehead atoms. The van der Waals surface area contributed by atoms with Gasteiger partial charge in [0.25, 0.3) is 21.6 Å². The highest BCUT2D eigenvalue weighted by atomic mass is 35.5. The van der Waals surface area contributed by atoms with Gasteiger partial charge in [0.05, 0.1) is 15.4 Å². The first-order valence-electron chi connectivity index (χ1n) is 15.3. The molecule has 0 saturated carbocycles. The van der Waals surface area contributed by atoms with E-state index in [1.54, 1.807) is 42.5 Å².